The van der Waals surface area contributed by atoms with Crippen LogP contribution in [-0.2, 0) is 32.7 Å². The van der Waals surface area contributed by atoms with Crippen LogP contribution in [0.25, 0.3) is 0 Å². The van der Waals surface area contributed by atoms with Gasteiger partial charge in [0.1, 0.15) is 6.61 Å². The first-order valence-electron chi connectivity index (χ1n) is 20.1. The Morgan fingerprint density at radius 2 is 1.16 bits per heavy atom. The van der Waals surface area contributed by atoms with Crippen molar-refractivity contribution >= 4 is 19.8 Å². The van der Waals surface area contributed by atoms with Gasteiger partial charge in [-0.25, -0.2) is 4.57 Å². The minimum absolute atomic E-state index is 0.00654. The summed E-state index contributed by atoms with van der Waals surface area (Å²) in [5, 5.41) is 10.2. The number of carbonyl (C=O) groups excluding carboxylic acids is 2. The molecule has 3 atom stereocenters. The number of rotatable bonds is 35. The van der Waals surface area contributed by atoms with Crippen LogP contribution in [0.15, 0.2) is 122 Å². The maximum atomic E-state index is 12.5. The molecule has 0 aliphatic carbocycles. The van der Waals surface area contributed by atoms with Crippen molar-refractivity contribution in [2.75, 3.05) is 26.4 Å². The minimum Gasteiger partial charge on any atom is -0.462 e. The lowest BCUT2D eigenvalue weighted by atomic mass is 10.2. The molecule has 11 heteroatoms. The Labute approximate surface area is 337 Å². The summed E-state index contributed by atoms with van der Waals surface area (Å²) in [6.45, 7) is 3.20. The summed E-state index contributed by atoms with van der Waals surface area (Å²) in [5.74, 6) is -1.08. The van der Waals surface area contributed by atoms with Crippen molar-refractivity contribution in [2.24, 2.45) is 5.73 Å². The first-order chi connectivity index (χ1) is 27.2. The summed E-state index contributed by atoms with van der Waals surface area (Å²) in [4.78, 5) is 34.8. The van der Waals surface area contributed by atoms with Crippen molar-refractivity contribution in [3.8, 4) is 0 Å². The minimum atomic E-state index is -4.44. The lowest BCUT2D eigenvalue weighted by Crippen LogP contribution is -2.29. The molecule has 0 amide bonds. The van der Waals surface area contributed by atoms with Gasteiger partial charge in [0.05, 0.1) is 19.3 Å². The van der Waals surface area contributed by atoms with Gasteiger partial charge >= 0.3 is 19.8 Å². The molecule has 4 N–H and O–H groups in total. The molecule has 0 aliphatic rings. The fourth-order valence-corrected chi connectivity index (χ4v) is 5.26. The van der Waals surface area contributed by atoms with Crippen molar-refractivity contribution in [1.29, 1.82) is 0 Å². The number of ether oxygens (including phenoxy) is 2. The van der Waals surface area contributed by atoms with E-state index in [1.54, 1.807) is 24.3 Å². The largest absolute Gasteiger partial charge is 0.472 e. The monoisotopic (exact) mass is 799 g/mol. The molecule has 0 aliphatic heterocycles. The number of hydrogen-bond acceptors (Lipinski definition) is 9. The van der Waals surface area contributed by atoms with E-state index >= 15 is 0 Å². The fraction of sp³-hybridized carbons (Fsp3) is 0.511. The molecule has 0 bridgehead atoms. The summed E-state index contributed by atoms with van der Waals surface area (Å²) in [6.07, 6.45) is 49.8. The van der Waals surface area contributed by atoms with Crippen LogP contribution in [0.4, 0.5) is 0 Å². The number of allylic oxidation sites excluding steroid dienone is 18. The molecule has 0 spiro atoms. The summed E-state index contributed by atoms with van der Waals surface area (Å²) in [7, 11) is -4.44. The molecule has 0 rings (SSSR count). The third kappa shape index (κ3) is 38.6. The van der Waals surface area contributed by atoms with Crippen LogP contribution in [0, 0.1) is 0 Å². The molecule has 0 fully saturated rings. The highest BCUT2D eigenvalue weighted by molar-refractivity contribution is 7.47. The van der Waals surface area contributed by atoms with Gasteiger partial charge in [-0.3, -0.25) is 18.6 Å². The van der Waals surface area contributed by atoms with Crippen molar-refractivity contribution in [3.05, 3.63) is 122 Å². The smallest absolute Gasteiger partial charge is 0.462 e. The van der Waals surface area contributed by atoms with E-state index in [0.717, 1.165) is 64.2 Å². The first-order valence-corrected chi connectivity index (χ1v) is 21.6. The molecule has 0 aromatic carbocycles. The normalized spacial score (nSPS) is 15.2. The van der Waals surface area contributed by atoms with E-state index < -0.39 is 38.6 Å². The second-order valence-corrected chi connectivity index (χ2v) is 14.0. The van der Waals surface area contributed by atoms with Crippen molar-refractivity contribution in [2.45, 2.75) is 122 Å². The SMILES string of the molecule is CC/C=C\C/C=C\C/C=C\C/C=C\C=C/C(O)C/C=C\CCC(=O)O[C@H](COC(=O)CCCC/C=C\C/C=C\C/C=C\C/C=C\CC)COP(=O)(O)OCCN. The van der Waals surface area contributed by atoms with Crippen molar-refractivity contribution in [3.63, 3.8) is 0 Å². The van der Waals surface area contributed by atoms with Crippen LogP contribution < -0.4 is 5.73 Å². The van der Waals surface area contributed by atoms with Gasteiger partial charge in [0.15, 0.2) is 6.10 Å². The second-order valence-electron chi connectivity index (χ2n) is 12.6. The Morgan fingerprint density at radius 3 is 1.73 bits per heavy atom. The molecule has 0 saturated carbocycles. The Kier molecular flexibility index (Phi) is 37.0. The quantitative estimate of drug-likeness (QED) is 0.0185. The third-order valence-electron chi connectivity index (χ3n) is 7.44. The standard InChI is InChI=1S/C45H70NO9P/c1-3-5-7-9-11-13-15-17-18-20-22-24-26-28-32-36-44(48)52-40-43(41-54-56(50,51)53-39-38-46)55-45(49)37-33-29-31-35-42(47)34-30-27-25-23-21-19-16-14-12-10-8-6-4-2/h5-8,11-14,17-19,21-22,24-25,27,29-31,34,42-43,47H,3-4,9-10,15-16,20,23,26,28,32-33,35-41,46H2,1-2H3,(H,50,51)/b7-5-,8-6-,13-11-,14-12-,18-17-,21-19-,24-22-,27-25-,31-29-,34-30-/t42?,43-/m1/s1. The van der Waals surface area contributed by atoms with E-state index in [-0.39, 0.29) is 32.6 Å². The lowest BCUT2D eigenvalue weighted by Gasteiger charge is -2.19. The van der Waals surface area contributed by atoms with Crippen molar-refractivity contribution in [1.82, 2.24) is 0 Å². The Hall–Kier alpha value is -3.63. The predicted molar refractivity (Wildman–Crippen MR) is 230 cm³/mol. The van der Waals surface area contributed by atoms with Crippen LogP contribution >= 0.6 is 7.82 Å². The molecule has 0 aromatic rings. The maximum absolute atomic E-state index is 12.5. The van der Waals surface area contributed by atoms with E-state index in [0.29, 0.717) is 19.3 Å². The second kappa shape index (κ2) is 39.6. The Balaban J connectivity index is 4.53. The molecular weight excluding hydrogens is 729 g/mol. The van der Waals surface area contributed by atoms with E-state index in [9.17, 15) is 24.2 Å². The number of unbranched alkanes of at least 4 members (excludes halogenated alkanes) is 2. The summed E-state index contributed by atoms with van der Waals surface area (Å²) in [5.41, 5.74) is 5.32. The van der Waals surface area contributed by atoms with Gasteiger partial charge in [-0.1, -0.05) is 135 Å². The van der Waals surface area contributed by atoms with E-state index in [1.807, 2.05) is 12.2 Å². The highest BCUT2D eigenvalue weighted by Gasteiger charge is 2.25. The van der Waals surface area contributed by atoms with Crippen LogP contribution in [0.3, 0.4) is 0 Å². The molecule has 10 nitrogen and oxygen atoms in total. The van der Waals surface area contributed by atoms with Gasteiger partial charge in [-0.15, -0.1) is 0 Å². The zero-order chi connectivity index (χ0) is 41.2. The van der Waals surface area contributed by atoms with Crippen LogP contribution in [0.2, 0.25) is 0 Å². The molecule has 0 saturated heterocycles. The van der Waals surface area contributed by atoms with Gasteiger partial charge in [0, 0.05) is 19.4 Å². The predicted octanol–water partition coefficient (Wildman–Crippen LogP) is 10.3. The molecular formula is C45H70NO9P. The summed E-state index contributed by atoms with van der Waals surface area (Å²) in [6, 6.07) is 0. The topological polar surface area (TPSA) is 155 Å². The molecule has 0 aromatic heterocycles. The van der Waals surface area contributed by atoms with Gasteiger partial charge in [0.25, 0.3) is 0 Å². The maximum Gasteiger partial charge on any atom is 0.472 e. The number of phosphoric ester groups is 1. The Bertz CT molecular complexity index is 1340. The number of phosphoric acid groups is 1. The van der Waals surface area contributed by atoms with Gasteiger partial charge in [-0.05, 0) is 83.5 Å². The van der Waals surface area contributed by atoms with Gasteiger partial charge in [-0.2, -0.15) is 0 Å². The van der Waals surface area contributed by atoms with Gasteiger partial charge < -0.3 is 25.2 Å². The third-order valence-corrected chi connectivity index (χ3v) is 8.42. The number of aliphatic hydroxyl groups is 1. The van der Waals surface area contributed by atoms with Crippen LogP contribution in [0.1, 0.15) is 110 Å². The van der Waals surface area contributed by atoms with Crippen molar-refractivity contribution < 1.29 is 42.7 Å². The Morgan fingerprint density at radius 1 is 0.625 bits per heavy atom. The number of carbonyl (C=O) groups is 2. The highest BCUT2D eigenvalue weighted by Crippen LogP contribution is 2.43. The number of esters is 2. The zero-order valence-corrected chi connectivity index (χ0v) is 34.8. The van der Waals surface area contributed by atoms with Gasteiger partial charge in [0.2, 0.25) is 0 Å². The molecule has 56 heavy (non-hydrogen) atoms. The number of hydrogen-bond donors (Lipinski definition) is 3. The van der Waals surface area contributed by atoms with E-state index in [4.69, 9.17) is 24.3 Å². The average molecular weight is 800 g/mol. The molecule has 2 unspecified atom stereocenters. The molecule has 0 radical (unpaired) electrons. The first kappa shape index (κ1) is 52.4. The summed E-state index contributed by atoms with van der Waals surface area (Å²) < 4.78 is 32.5. The number of aliphatic hydroxyl groups excluding tert-OH is 1. The number of nitrogens with two attached hydrogens (primary N) is 1. The highest BCUT2D eigenvalue weighted by atomic mass is 31.2. The zero-order valence-electron chi connectivity index (χ0n) is 33.9. The lowest BCUT2D eigenvalue weighted by molar-refractivity contribution is -0.161. The van der Waals surface area contributed by atoms with E-state index in [1.165, 1.54) is 0 Å². The van der Waals surface area contributed by atoms with Crippen LogP contribution in [0.5, 0.6) is 0 Å². The van der Waals surface area contributed by atoms with Crippen LogP contribution in [-0.4, -0.2) is 60.5 Å². The molecule has 314 valence electrons. The summed E-state index contributed by atoms with van der Waals surface area (Å²) >= 11 is 0. The fourth-order valence-electron chi connectivity index (χ4n) is 4.50. The average Bonchev–Trinajstić information content (AvgIpc) is 3.18. The molecule has 0 heterocycles. The van der Waals surface area contributed by atoms with E-state index in [2.05, 4.69) is 98.9 Å².